The van der Waals surface area contributed by atoms with Crippen molar-refractivity contribution in [1.82, 2.24) is 0 Å². The smallest absolute Gasteiger partial charge is 0.168 e. The quantitative estimate of drug-likeness (QED) is 0.837. The van der Waals surface area contributed by atoms with Gasteiger partial charge in [0.05, 0.1) is 28.4 Å². The highest BCUT2D eigenvalue weighted by atomic mass is 16.5. The number of hydrogen-bond acceptors (Lipinski definition) is 4. The standard InChI is InChI=1S/C16H18O4/c1-17-11-8-9-14(18-2)13(10-11)12-6-5-7-15(19-3)16(12)20-4/h5-10H,1-4H3. The maximum absolute atomic E-state index is 5.47. The highest BCUT2D eigenvalue weighted by molar-refractivity contribution is 5.79. The van der Waals surface area contributed by atoms with E-state index in [1.807, 2.05) is 36.4 Å². The van der Waals surface area contributed by atoms with Crippen LogP contribution >= 0.6 is 0 Å². The second-order valence-corrected chi connectivity index (χ2v) is 4.11. The van der Waals surface area contributed by atoms with Crippen LogP contribution in [0.5, 0.6) is 23.0 Å². The van der Waals surface area contributed by atoms with Gasteiger partial charge in [-0.3, -0.25) is 0 Å². The van der Waals surface area contributed by atoms with E-state index in [0.29, 0.717) is 11.5 Å². The van der Waals surface area contributed by atoms with Crippen LogP contribution in [0.1, 0.15) is 0 Å². The first-order chi connectivity index (χ1) is 9.74. The van der Waals surface area contributed by atoms with Crippen molar-refractivity contribution in [2.45, 2.75) is 0 Å². The van der Waals surface area contributed by atoms with Crippen molar-refractivity contribution in [3.05, 3.63) is 36.4 Å². The second kappa shape index (κ2) is 6.19. The average molecular weight is 274 g/mol. The Hall–Kier alpha value is -2.36. The first-order valence-electron chi connectivity index (χ1n) is 6.18. The second-order valence-electron chi connectivity index (χ2n) is 4.11. The zero-order chi connectivity index (χ0) is 14.5. The molecule has 0 N–H and O–H groups in total. The summed E-state index contributed by atoms with van der Waals surface area (Å²) < 4.78 is 21.5. The monoisotopic (exact) mass is 274 g/mol. The van der Waals surface area contributed by atoms with Gasteiger partial charge < -0.3 is 18.9 Å². The van der Waals surface area contributed by atoms with E-state index < -0.39 is 0 Å². The van der Waals surface area contributed by atoms with Crippen molar-refractivity contribution >= 4 is 0 Å². The molecule has 0 bridgehead atoms. The topological polar surface area (TPSA) is 36.9 Å². The largest absolute Gasteiger partial charge is 0.497 e. The van der Waals surface area contributed by atoms with E-state index in [9.17, 15) is 0 Å². The number of para-hydroxylation sites is 1. The molecule has 0 saturated carbocycles. The lowest BCUT2D eigenvalue weighted by atomic mass is 10.0. The molecule has 0 heterocycles. The van der Waals surface area contributed by atoms with Crippen LogP contribution in [0.25, 0.3) is 11.1 Å². The summed E-state index contributed by atoms with van der Waals surface area (Å²) in [7, 11) is 6.50. The fraction of sp³-hybridized carbons (Fsp3) is 0.250. The van der Waals surface area contributed by atoms with Crippen molar-refractivity contribution in [2.24, 2.45) is 0 Å². The molecule has 0 amide bonds. The summed E-state index contributed by atoms with van der Waals surface area (Å²) in [6, 6.07) is 11.4. The van der Waals surface area contributed by atoms with E-state index in [1.54, 1.807) is 28.4 Å². The predicted octanol–water partition coefficient (Wildman–Crippen LogP) is 3.39. The van der Waals surface area contributed by atoms with Gasteiger partial charge in [0.1, 0.15) is 11.5 Å². The van der Waals surface area contributed by atoms with Crippen LogP contribution in [-0.4, -0.2) is 28.4 Å². The Morgan fingerprint density at radius 1 is 0.650 bits per heavy atom. The van der Waals surface area contributed by atoms with Crippen LogP contribution in [0.4, 0.5) is 0 Å². The molecule has 0 atom stereocenters. The Labute approximate surface area is 118 Å². The Bertz CT molecular complexity index is 593. The summed E-state index contributed by atoms with van der Waals surface area (Å²) in [5.74, 6) is 2.85. The minimum atomic E-state index is 0.668. The molecule has 0 aromatic heterocycles. The molecule has 2 aromatic carbocycles. The third kappa shape index (κ3) is 2.50. The molecule has 0 saturated heterocycles. The Kier molecular flexibility index (Phi) is 4.35. The predicted molar refractivity (Wildman–Crippen MR) is 78.1 cm³/mol. The zero-order valence-corrected chi connectivity index (χ0v) is 12.1. The summed E-state index contributed by atoms with van der Waals surface area (Å²) >= 11 is 0. The maximum atomic E-state index is 5.47. The molecule has 0 aliphatic rings. The van der Waals surface area contributed by atoms with Gasteiger partial charge in [-0.2, -0.15) is 0 Å². The molecule has 0 aliphatic heterocycles. The summed E-state index contributed by atoms with van der Waals surface area (Å²) in [6.07, 6.45) is 0. The highest BCUT2D eigenvalue weighted by Gasteiger charge is 2.15. The number of methoxy groups -OCH3 is 4. The van der Waals surface area contributed by atoms with E-state index in [2.05, 4.69) is 0 Å². The Balaban J connectivity index is 2.66. The van der Waals surface area contributed by atoms with Gasteiger partial charge in [0.25, 0.3) is 0 Å². The third-order valence-corrected chi connectivity index (χ3v) is 3.10. The highest BCUT2D eigenvalue weighted by Crippen LogP contribution is 2.42. The summed E-state index contributed by atoms with van der Waals surface area (Å²) in [4.78, 5) is 0. The number of ether oxygens (including phenoxy) is 4. The van der Waals surface area contributed by atoms with E-state index in [1.165, 1.54) is 0 Å². The SMILES string of the molecule is COc1ccc(OC)c(-c2cccc(OC)c2OC)c1. The lowest BCUT2D eigenvalue weighted by molar-refractivity contribution is 0.355. The van der Waals surface area contributed by atoms with Crippen molar-refractivity contribution in [3.63, 3.8) is 0 Å². The van der Waals surface area contributed by atoms with E-state index >= 15 is 0 Å². The summed E-state index contributed by atoms with van der Waals surface area (Å²) in [5.41, 5.74) is 1.78. The van der Waals surface area contributed by atoms with Crippen LogP contribution in [-0.2, 0) is 0 Å². The zero-order valence-electron chi connectivity index (χ0n) is 12.1. The van der Waals surface area contributed by atoms with Gasteiger partial charge in [-0.1, -0.05) is 12.1 Å². The van der Waals surface area contributed by atoms with Crippen molar-refractivity contribution in [1.29, 1.82) is 0 Å². The first-order valence-corrected chi connectivity index (χ1v) is 6.18. The van der Waals surface area contributed by atoms with Crippen LogP contribution < -0.4 is 18.9 Å². The number of hydrogen-bond donors (Lipinski definition) is 0. The van der Waals surface area contributed by atoms with Crippen LogP contribution in [0, 0.1) is 0 Å². The van der Waals surface area contributed by atoms with Gasteiger partial charge in [0.15, 0.2) is 11.5 Å². The van der Waals surface area contributed by atoms with Crippen LogP contribution in [0.15, 0.2) is 36.4 Å². The normalized spacial score (nSPS) is 10.0. The number of benzene rings is 2. The molecule has 4 heteroatoms. The first kappa shape index (κ1) is 14.1. The van der Waals surface area contributed by atoms with Gasteiger partial charge in [0.2, 0.25) is 0 Å². The van der Waals surface area contributed by atoms with Crippen molar-refractivity contribution < 1.29 is 18.9 Å². The van der Waals surface area contributed by atoms with Gasteiger partial charge in [-0.15, -0.1) is 0 Å². The molecule has 0 spiro atoms. The lowest BCUT2D eigenvalue weighted by Gasteiger charge is -2.15. The molecule has 4 nitrogen and oxygen atoms in total. The molecule has 2 aromatic rings. The third-order valence-electron chi connectivity index (χ3n) is 3.10. The minimum Gasteiger partial charge on any atom is -0.497 e. The van der Waals surface area contributed by atoms with E-state index in [4.69, 9.17) is 18.9 Å². The molecule has 0 radical (unpaired) electrons. The molecule has 106 valence electrons. The van der Waals surface area contributed by atoms with Crippen LogP contribution in [0.3, 0.4) is 0 Å². The van der Waals surface area contributed by atoms with Gasteiger partial charge in [-0.25, -0.2) is 0 Å². The molecule has 0 aliphatic carbocycles. The summed E-state index contributed by atoms with van der Waals surface area (Å²) in [6.45, 7) is 0. The molecule has 0 fully saturated rings. The van der Waals surface area contributed by atoms with Crippen LogP contribution in [0.2, 0.25) is 0 Å². The Morgan fingerprint density at radius 2 is 1.40 bits per heavy atom. The van der Waals surface area contributed by atoms with Gasteiger partial charge >= 0.3 is 0 Å². The maximum Gasteiger partial charge on any atom is 0.168 e. The molecule has 20 heavy (non-hydrogen) atoms. The van der Waals surface area contributed by atoms with Gasteiger partial charge in [0, 0.05) is 11.1 Å². The van der Waals surface area contributed by atoms with Crippen molar-refractivity contribution in [3.8, 4) is 34.1 Å². The molecular formula is C16H18O4. The van der Waals surface area contributed by atoms with Crippen molar-refractivity contribution in [2.75, 3.05) is 28.4 Å². The molecule has 0 unspecified atom stereocenters. The summed E-state index contributed by atoms with van der Waals surface area (Å²) in [5, 5.41) is 0. The van der Waals surface area contributed by atoms with E-state index in [0.717, 1.165) is 22.6 Å². The van der Waals surface area contributed by atoms with Gasteiger partial charge in [-0.05, 0) is 24.3 Å². The Morgan fingerprint density at radius 3 is 2.00 bits per heavy atom. The fourth-order valence-corrected chi connectivity index (χ4v) is 2.12. The molecular weight excluding hydrogens is 256 g/mol. The molecule has 2 rings (SSSR count). The van der Waals surface area contributed by atoms with E-state index in [-0.39, 0.29) is 0 Å². The lowest BCUT2D eigenvalue weighted by Crippen LogP contribution is -1.95. The minimum absolute atomic E-state index is 0.668. The average Bonchev–Trinajstić information content (AvgIpc) is 2.53. The fourth-order valence-electron chi connectivity index (χ4n) is 2.12. The number of rotatable bonds is 5.